The van der Waals surface area contributed by atoms with Gasteiger partial charge in [0.1, 0.15) is 0 Å². The lowest BCUT2D eigenvalue weighted by Gasteiger charge is -1.87. The predicted octanol–water partition coefficient (Wildman–Crippen LogP) is 1.92. The van der Waals surface area contributed by atoms with Crippen LogP contribution in [0.2, 0.25) is 5.02 Å². The highest BCUT2D eigenvalue weighted by Crippen LogP contribution is 2.05. The first-order chi connectivity index (χ1) is 3.79. The molecule has 0 N–H and O–H groups in total. The topological polar surface area (TPSA) is 12.9 Å². The molecular formula is C6H5ClN. The van der Waals surface area contributed by atoms with E-state index in [9.17, 15) is 0 Å². The highest BCUT2D eigenvalue weighted by atomic mass is 35.5. The number of rotatable bonds is 0. The second-order valence-corrected chi connectivity index (χ2v) is 1.90. The van der Waals surface area contributed by atoms with Crippen LogP contribution in [0.3, 0.4) is 0 Å². The van der Waals surface area contributed by atoms with Gasteiger partial charge in [-0.2, -0.15) is 0 Å². The summed E-state index contributed by atoms with van der Waals surface area (Å²) in [6.07, 6.45) is 1.63. The zero-order valence-corrected chi connectivity index (χ0v) is 5.02. The van der Waals surface area contributed by atoms with Crippen molar-refractivity contribution in [3.05, 3.63) is 36.0 Å². The summed E-state index contributed by atoms with van der Waals surface area (Å²) in [7, 11) is 0. The summed E-state index contributed by atoms with van der Waals surface area (Å²) in [4.78, 5) is 3.84. The molecule has 0 atom stereocenters. The molecule has 0 amide bonds. The molecule has 1 nitrogen and oxygen atoms in total. The van der Waals surface area contributed by atoms with Crippen LogP contribution in [0.25, 0.3) is 0 Å². The molecule has 0 unspecified atom stereocenters. The maximum atomic E-state index is 5.56. The van der Waals surface area contributed by atoms with Crippen LogP contribution < -0.4 is 0 Å². The number of pyridine rings is 1. The maximum absolute atomic E-state index is 5.56. The van der Waals surface area contributed by atoms with E-state index in [0.717, 1.165) is 0 Å². The lowest BCUT2D eigenvalue weighted by Crippen LogP contribution is -1.75. The maximum Gasteiger partial charge on any atom is 0.0439 e. The molecule has 2 heteroatoms. The zero-order chi connectivity index (χ0) is 5.98. The number of aromatic nitrogens is 1. The molecule has 0 saturated heterocycles. The minimum atomic E-state index is 0.685. The lowest BCUT2D eigenvalue weighted by molar-refractivity contribution is 1.27. The van der Waals surface area contributed by atoms with Gasteiger partial charge >= 0.3 is 0 Å². The Labute approximate surface area is 53.3 Å². The van der Waals surface area contributed by atoms with Crippen LogP contribution in [-0.4, -0.2) is 4.98 Å². The Balaban J connectivity index is 3.08. The Morgan fingerprint density at radius 1 is 1.62 bits per heavy atom. The average Bonchev–Trinajstić information content (AvgIpc) is 1.64. The number of halogens is 1. The lowest BCUT2D eigenvalue weighted by atomic mass is 10.4. The van der Waals surface area contributed by atoms with Gasteiger partial charge in [0.05, 0.1) is 0 Å². The van der Waals surface area contributed by atoms with Gasteiger partial charge in [-0.3, -0.25) is 4.98 Å². The fourth-order valence-electron chi connectivity index (χ4n) is 0.449. The Morgan fingerprint density at radius 3 is 2.75 bits per heavy atom. The molecule has 1 aromatic rings. The van der Waals surface area contributed by atoms with Crippen molar-refractivity contribution in [2.45, 2.75) is 0 Å². The third-order valence-corrected chi connectivity index (χ3v) is 1.01. The van der Waals surface area contributed by atoms with Crippen LogP contribution in [0.4, 0.5) is 0 Å². The molecule has 0 fully saturated rings. The first kappa shape index (κ1) is 5.57. The molecule has 1 heterocycles. The summed E-state index contributed by atoms with van der Waals surface area (Å²) >= 11 is 5.56. The van der Waals surface area contributed by atoms with Crippen LogP contribution in [-0.2, 0) is 0 Å². The van der Waals surface area contributed by atoms with E-state index in [0.29, 0.717) is 10.7 Å². The molecule has 1 aromatic heterocycles. The second kappa shape index (κ2) is 2.14. The molecule has 41 valence electrons. The summed E-state index contributed by atoms with van der Waals surface area (Å²) in [6.45, 7) is 3.59. The Kier molecular flexibility index (Phi) is 1.49. The van der Waals surface area contributed by atoms with Gasteiger partial charge in [-0.1, -0.05) is 11.6 Å². The third-order valence-electron chi connectivity index (χ3n) is 0.779. The summed E-state index contributed by atoms with van der Waals surface area (Å²) in [6, 6.07) is 3.43. The van der Waals surface area contributed by atoms with Gasteiger partial charge in [-0.15, -0.1) is 0 Å². The molecule has 0 aliphatic rings. The standard InChI is InChI=1S/C6H5ClN/c1-5-4-6(7)2-3-8-5/h2-4H,1H2. The Hall–Kier alpha value is -0.560. The third kappa shape index (κ3) is 1.20. The minimum Gasteiger partial charge on any atom is -0.261 e. The van der Waals surface area contributed by atoms with Crippen molar-refractivity contribution < 1.29 is 0 Å². The van der Waals surface area contributed by atoms with Gasteiger partial charge in [0.2, 0.25) is 0 Å². The molecule has 0 saturated carbocycles. The van der Waals surface area contributed by atoms with Crippen molar-refractivity contribution in [3.63, 3.8) is 0 Å². The van der Waals surface area contributed by atoms with Crippen molar-refractivity contribution in [2.75, 3.05) is 0 Å². The van der Waals surface area contributed by atoms with E-state index in [1.807, 2.05) is 0 Å². The quantitative estimate of drug-likeness (QED) is 0.518. The first-order valence-electron chi connectivity index (χ1n) is 2.22. The zero-order valence-electron chi connectivity index (χ0n) is 4.26. The molecule has 0 aliphatic carbocycles. The molecular weight excluding hydrogens is 122 g/mol. The fraction of sp³-hybridized carbons (Fsp3) is 0. The monoisotopic (exact) mass is 126 g/mol. The van der Waals surface area contributed by atoms with Gasteiger partial charge in [0.15, 0.2) is 0 Å². The summed E-state index contributed by atoms with van der Waals surface area (Å²) in [5.41, 5.74) is 0.706. The molecule has 1 rings (SSSR count). The molecule has 1 radical (unpaired) electrons. The van der Waals surface area contributed by atoms with E-state index in [-0.39, 0.29) is 0 Å². The van der Waals surface area contributed by atoms with Gasteiger partial charge in [-0.25, -0.2) is 0 Å². The number of hydrogen-bond acceptors (Lipinski definition) is 1. The van der Waals surface area contributed by atoms with Crippen molar-refractivity contribution >= 4 is 11.6 Å². The molecule has 8 heavy (non-hydrogen) atoms. The first-order valence-corrected chi connectivity index (χ1v) is 2.60. The van der Waals surface area contributed by atoms with Crippen LogP contribution in [0.1, 0.15) is 5.69 Å². The predicted molar refractivity (Wildman–Crippen MR) is 33.7 cm³/mol. The average molecular weight is 127 g/mol. The van der Waals surface area contributed by atoms with E-state index in [4.69, 9.17) is 11.6 Å². The van der Waals surface area contributed by atoms with E-state index < -0.39 is 0 Å². The van der Waals surface area contributed by atoms with Gasteiger partial charge in [0.25, 0.3) is 0 Å². The van der Waals surface area contributed by atoms with E-state index in [1.165, 1.54) is 0 Å². The van der Waals surface area contributed by atoms with Gasteiger partial charge in [-0.05, 0) is 19.1 Å². The Bertz CT molecular complexity index is 168. The highest BCUT2D eigenvalue weighted by Gasteiger charge is 1.84. The van der Waals surface area contributed by atoms with Crippen molar-refractivity contribution in [3.8, 4) is 0 Å². The van der Waals surface area contributed by atoms with Gasteiger partial charge < -0.3 is 0 Å². The smallest absolute Gasteiger partial charge is 0.0439 e. The Morgan fingerprint density at radius 2 is 2.38 bits per heavy atom. The van der Waals surface area contributed by atoms with E-state index in [1.54, 1.807) is 18.3 Å². The normalized spacial score (nSPS) is 9.25. The van der Waals surface area contributed by atoms with Crippen LogP contribution in [0.5, 0.6) is 0 Å². The summed E-state index contributed by atoms with van der Waals surface area (Å²) in [5.74, 6) is 0. The van der Waals surface area contributed by atoms with Crippen molar-refractivity contribution in [1.82, 2.24) is 4.98 Å². The molecule has 0 spiro atoms. The SMILES string of the molecule is [CH2]c1cc(Cl)ccn1. The number of hydrogen-bond donors (Lipinski definition) is 0. The van der Waals surface area contributed by atoms with Crippen molar-refractivity contribution in [1.29, 1.82) is 0 Å². The van der Waals surface area contributed by atoms with E-state index in [2.05, 4.69) is 11.9 Å². The fourth-order valence-corrected chi connectivity index (χ4v) is 0.631. The highest BCUT2D eigenvalue weighted by molar-refractivity contribution is 6.30. The summed E-state index contributed by atoms with van der Waals surface area (Å²) in [5, 5.41) is 0.685. The van der Waals surface area contributed by atoms with Crippen LogP contribution >= 0.6 is 11.6 Å². The molecule has 0 aromatic carbocycles. The van der Waals surface area contributed by atoms with E-state index >= 15 is 0 Å². The van der Waals surface area contributed by atoms with Crippen molar-refractivity contribution in [2.24, 2.45) is 0 Å². The molecule has 0 bridgehead atoms. The number of nitrogens with zero attached hydrogens (tertiary/aromatic N) is 1. The van der Waals surface area contributed by atoms with Gasteiger partial charge in [0, 0.05) is 16.9 Å². The van der Waals surface area contributed by atoms with Crippen LogP contribution in [0.15, 0.2) is 18.3 Å². The van der Waals surface area contributed by atoms with Crippen LogP contribution in [0, 0.1) is 6.92 Å². The minimum absolute atomic E-state index is 0.685. The largest absolute Gasteiger partial charge is 0.261 e. The molecule has 0 aliphatic heterocycles. The second-order valence-electron chi connectivity index (χ2n) is 1.47. The summed E-state index contributed by atoms with van der Waals surface area (Å²) < 4.78 is 0.